The van der Waals surface area contributed by atoms with Gasteiger partial charge in [0.15, 0.2) is 11.5 Å². The zero-order valence-electron chi connectivity index (χ0n) is 14.5. The number of hydrogen-bond donors (Lipinski definition) is 0. The van der Waals surface area contributed by atoms with Gasteiger partial charge in [-0.25, -0.2) is 4.98 Å². The Kier molecular flexibility index (Phi) is 5.73. The smallest absolute Gasteiger partial charge is 0.231 e. The van der Waals surface area contributed by atoms with Gasteiger partial charge >= 0.3 is 0 Å². The van der Waals surface area contributed by atoms with Gasteiger partial charge in [0, 0.05) is 18.0 Å². The molecule has 0 saturated carbocycles. The highest BCUT2D eigenvalue weighted by Gasteiger charge is 2.16. The quantitative estimate of drug-likeness (QED) is 0.333. The van der Waals surface area contributed by atoms with Gasteiger partial charge in [0.1, 0.15) is 12.3 Å². The molecule has 0 atom stereocenters. The number of allylic oxidation sites excluding steroid dienone is 2. The summed E-state index contributed by atoms with van der Waals surface area (Å²) in [7, 11) is 0. The molecule has 1 aromatic carbocycles. The first kappa shape index (κ1) is 17.4. The van der Waals surface area contributed by atoms with E-state index in [1.54, 1.807) is 18.6 Å². The van der Waals surface area contributed by atoms with Crippen LogP contribution < -0.4 is 9.47 Å². The number of ether oxygens (including phenoxy) is 2. The Balaban J connectivity index is 1.81. The second kappa shape index (κ2) is 8.58. The molecule has 0 aliphatic carbocycles. The molecule has 0 unspecified atom stereocenters. The minimum absolute atomic E-state index is 0.229. The van der Waals surface area contributed by atoms with Crippen LogP contribution in [0.4, 0.5) is 0 Å². The lowest BCUT2D eigenvalue weighted by molar-refractivity contribution is 0.169. The van der Waals surface area contributed by atoms with Crippen LogP contribution >= 0.6 is 0 Å². The van der Waals surface area contributed by atoms with E-state index in [2.05, 4.69) is 16.1 Å². The first-order valence-corrected chi connectivity index (χ1v) is 8.12. The molecule has 2 aromatic rings. The molecule has 6 heteroatoms. The summed E-state index contributed by atoms with van der Waals surface area (Å²) in [5.41, 5.74) is 2.49. The van der Waals surface area contributed by atoms with E-state index in [1.807, 2.05) is 48.0 Å². The lowest BCUT2D eigenvalue weighted by Gasteiger charge is -2.09. The third-order valence-corrected chi connectivity index (χ3v) is 3.65. The molecule has 1 aliphatic rings. The number of aromatic nitrogens is 2. The Bertz CT molecular complexity index is 874. The van der Waals surface area contributed by atoms with Gasteiger partial charge in [-0.05, 0) is 36.8 Å². The van der Waals surface area contributed by atoms with Crippen LogP contribution in [0.1, 0.15) is 12.5 Å². The van der Waals surface area contributed by atoms with Crippen LogP contribution in [0, 0.1) is 12.3 Å². The monoisotopic (exact) mass is 349 g/mol. The summed E-state index contributed by atoms with van der Waals surface area (Å²) in [6.07, 6.45) is 16.1. The van der Waals surface area contributed by atoms with Crippen LogP contribution in [0.5, 0.6) is 11.5 Å². The maximum absolute atomic E-state index is 5.55. The third kappa shape index (κ3) is 4.33. The summed E-state index contributed by atoms with van der Waals surface area (Å²) in [5, 5.41) is 4.33. The SMILES string of the molecule is C#C/C=C(\C=C/C)CO/N=C(\Cn1ccnc1)c1ccc2c(c1)OCO2. The Morgan fingerprint density at radius 2 is 2.31 bits per heavy atom. The van der Waals surface area contributed by atoms with Crippen molar-refractivity contribution >= 4 is 5.71 Å². The van der Waals surface area contributed by atoms with Crippen molar-refractivity contribution in [2.24, 2.45) is 5.16 Å². The zero-order valence-corrected chi connectivity index (χ0v) is 14.5. The van der Waals surface area contributed by atoms with Crippen LogP contribution in [0.2, 0.25) is 0 Å². The number of terminal acetylenes is 1. The van der Waals surface area contributed by atoms with Gasteiger partial charge in [-0.3, -0.25) is 0 Å². The minimum Gasteiger partial charge on any atom is -0.454 e. The predicted molar refractivity (Wildman–Crippen MR) is 99.0 cm³/mol. The van der Waals surface area contributed by atoms with E-state index < -0.39 is 0 Å². The highest BCUT2D eigenvalue weighted by Crippen LogP contribution is 2.32. The third-order valence-electron chi connectivity index (χ3n) is 3.65. The number of oxime groups is 1. The normalized spacial score (nSPS) is 13.8. The Morgan fingerprint density at radius 3 is 3.08 bits per heavy atom. The van der Waals surface area contributed by atoms with Crippen molar-refractivity contribution in [2.75, 3.05) is 13.4 Å². The van der Waals surface area contributed by atoms with Crippen LogP contribution in [-0.2, 0) is 11.4 Å². The van der Waals surface area contributed by atoms with Gasteiger partial charge in [0.25, 0.3) is 0 Å². The van der Waals surface area contributed by atoms with Crippen molar-refractivity contribution in [1.29, 1.82) is 0 Å². The summed E-state index contributed by atoms with van der Waals surface area (Å²) in [4.78, 5) is 9.62. The van der Waals surface area contributed by atoms with Crippen LogP contribution in [0.3, 0.4) is 0 Å². The highest BCUT2D eigenvalue weighted by atomic mass is 16.7. The highest BCUT2D eigenvalue weighted by molar-refractivity contribution is 6.00. The van der Waals surface area contributed by atoms with E-state index >= 15 is 0 Å². The van der Waals surface area contributed by atoms with Crippen molar-refractivity contribution in [2.45, 2.75) is 13.5 Å². The number of hydrogen-bond acceptors (Lipinski definition) is 5. The number of nitrogens with zero attached hydrogens (tertiary/aromatic N) is 3. The molecule has 2 heterocycles. The largest absolute Gasteiger partial charge is 0.454 e. The van der Waals surface area contributed by atoms with Crippen molar-refractivity contribution in [3.05, 3.63) is 66.3 Å². The second-order valence-electron chi connectivity index (χ2n) is 5.50. The maximum Gasteiger partial charge on any atom is 0.231 e. The van der Waals surface area contributed by atoms with Gasteiger partial charge in [0.05, 0.1) is 12.9 Å². The molecule has 3 rings (SSSR count). The number of benzene rings is 1. The molecule has 1 aromatic heterocycles. The van der Waals surface area contributed by atoms with E-state index in [1.165, 1.54) is 0 Å². The fourth-order valence-corrected chi connectivity index (χ4v) is 2.45. The maximum atomic E-state index is 5.55. The van der Waals surface area contributed by atoms with Crippen LogP contribution in [-0.4, -0.2) is 28.7 Å². The first-order valence-electron chi connectivity index (χ1n) is 8.12. The molecule has 0 spiro atoms. The topological polar surface area (TPSA) is 57.9 Å². The van der Waals surface area contributed by atoms with Gasteiger partial charge in [0.2, 0.25) is 6.79 Å². The van der Waals surface area contributed by atoms with E-state index in [0.29, 0.717) is 12.3 Å². The van der Waals surface area contributed by atoms with E-state index in [9.17, 15) is 0 Å². The average Bonchev–Trinajstić information content (AvgIpc) is 3.32. The summed E-state index contributed by atoms with van der Waals surface area (Å²) in [6.45, 7) is 2.95. The average molecular weight is 349 g/mol. The van der Waals surface area contributed by atoms with Gasteiger partial charge in [-0.15, -0.1) is 6.42 Å². The van der Waals surface area contributed by atoms with Crippen molar-refractivity contribution < 1.29 is 14.3 Å². The molecular weight excluding hydrogens is 330 g/mol. The Labute approximate surface area is 152 Å². The summed E-state index contributed by atoms with van der Waals surface area (Å²) in [6, 6.07) is 5.69. The first-order chi connectivity index (χ1) is 12.8. The molecule has 6 nitrogen and oxygen atoms in total. The van der Waals surface area contributed by atoms with Crippen LogP contribution in [0.25, 0.3) is 0 Å². The molecule has 0 amide bonds. The molecule has 1 aliphatic heterocycles. The molecule has 0 fully saturated rings. The summed E-state index contributed by atoms with van der Waals surface area (Å²) < 4.78 is 12.7. The molecule has 26 heavy (non-hydrogen) atoms. The van der Waals surface area contributed by atoms with Crippen molar-refractivity contribution in [1.82, 2.24) is 9.55 Å². The number of fused-ring (bicyclic) bond motifs is 1. The number of rotatable bonds is 7. The van der Waals surface area contributed by atoms with Crippen molar-refractivity contribution in [3.63, 3.8) is 0 Å². The molecular formula is C20H19N3O3. The standard InChI is InChI=1S/C20H19N3O3/c1-3-5-16(6-4-2)13-26-22-18(12-23-10-9-21-14-23)17-7-8-19-20(11-17)25-15-24-19/h1,4-11,14H,12-13,15H2,2H3/b6-4-,16-5+,22-18+. The fraction of sp³-hybridized carbons (Fsp3) is 0.200. The lowest BCUT2D eigenvalue weighted by Crippen LogP contribution is -2.11. The van der Waals surface area contributed by atoms with E-state index in [4.69, 9.17) is 20.7 Å². The van der Waals surface area contributed by atoms with Gasteiger partial charge in [-0.2, -0.15) is 0 Å². The Morgan fingerprint density at radius 1 is 1.42 bits per heavy atom. The van der Waals surface area contributed by atoms with E-state index in [-0.39, 0.29) is 13.4 Å². The molecule has 0 N–H and O–H groups in total. The Hall–Kier alpha value is -3.46. The number of imidazole rings is 1. The van der Waals surface area contributed by atoms with Gasteiger partial charge < -0.3 is 18.9 Å². The summed E-state index contributed by atoms with van der Waals surface area (Å²) >= 11 is 0. The zero-order chi connectivity index (χ0) is 18.2. The minimum atomic E-state index is 0.229. The second-order valence-corrected chi connectivity index (χ2v) is 5.50. The van der Waals surface area contributed by atoms with Crippen molar-refractivity contribution in [3.8, 4) is 23.8 Å². The lowest BCUT2D eigenvalue weighted by atomic mass is 10.1. The van der Waals surface area contributed by atoms with Crippen LogP contribution in [0.15, 0.2) is 65.9 Å². The molecule has 0 bridgehead atoms. The summed E-state index contributed by atoms with van der Waals surface area (Å²) in [5.74, 6) is 3.93. The predicted octanol–water partition coefficient (Wildman–Crippen LogP) is 3.17. The van der Waals surface area contributed by atoms with Gasteiger partial charge in [-0.1, -0.05) is 23.2 Å². The van der Waals surface area contributed by atoms with E-state index in [0.717, 1.165) is 22.6 Å². The fourth-order valence-electron chi connectivity index (χ4n) is 2.45. The molecule has 0 radical (unpaired) electrons. The molecule has 0 saturated heterocycles. The molecule has 132 valence electrons.